The minimum atomic E-state index is -0.359. The number of nitrogens with zero attached hydrogens (tertiary/aromatic N) is 1. The van der Waals surface area contributed by atoms with Crippen molar-refractivity contribution < 1.29 is 5.11 Å². The molecule has 0 saturated heterocycles. The molecule has 0 amide bonds. The fraction of sp³-hybridized carbons (Fsp3) is 0.875. The quantitative estimate of drug-likeness (QED) is 0.610. The Labute approximate surface area is 67.0 Å². The molecule has 1 atom stereocenters. The van der Waals surface area contributed by atoms with Gasteiger partial charge in [-0.15, -0.1) is 0 Å². The summed E-state index contributed by atoms with van der Waals surface area (Å²) in [6.07, 6.45) is 2.20. The summed E-state index contributed by atoms with van der Waals surface area (Å²) in [7, 11) is 1.80. The Bertz CT molecular complexity index is 169. The molecule has 1 saturated carbocycles. The molecule has 1 rings (SSSR count). The topological polar surface area (TPSA) is 56.0 Å². The molecule has 62 valence electrons. The van der Waals surface area contributed by atoms with Gasteiger partial charge in [0.25, 0.3) is 0 Å². The van der Waals surface area contributed by atoms with Crippen LogP contribution in [0.4, 0.5) is 0 Å². The van der Waals surface area contributed by atoms with Gasteiger partial charge in [0, 0.05) is 6.54 Å². The SMILES string of the molecule is CNCC(O)CC1(C#N)CC1. The lowest BCUT2D eigenvalue weighted by Gasteiger charge is -2.11. The van der Waals surface area contributed by atoms with Crippen LogP contribution in [0.25, 0.3) is 0 Å². The van der Waals surface area contributed by atoms with Gasteiger partial charge in [0.15, 0.2) is 0 Å². The third kappa shape index (κ3) is 2.18. The second-order valence-corrected chi connectivity index (χ2v) is 3.31. The molecule has 0 radical (unpaired) electrons. The Morgan fingerprint density at radius 1 is 1.73 bits per heavy atom. The van der Waals surface area contributed by atoms with Gasteiger partial charge in [-0.2, -0.15) is 5.26 Å². The molecule has 2 N–H and O–H groups in total. The Balaban J connectivity index is 2.25. The molecular weight excluding hydrogens is 140 g/mol. The summed E-state index contributed by atoms with van der Waals surface area (Å²) in [5.74, 6) is 0. The molecule has 0 bridgehead atoms. The van der Waals surface area contributed by atoms with Crippen molar-refractivity contribution >= 4 is 0 Å². The number of rotatable bonds is 4. The number of aliphatic hydroxyl groups excluding tert-OH is 1. The highest BCUT2D eigenvalue weighted by Gasteiger charge is 2.44. The van der Waals surface area contributed by atoms with Crippen LogP contribution >= 0.6 is 0 Å². The zero-order valence-corrected chi connectivity index (χ0v) is 6.80. The Morgan fingerprint density at radius 2 is 2.36 bits per heavy atom. The molecule has 0 aromatic heterocycles. The molecule has 3 heteroatoms. The van der Waals surface area contributed by atoms with Gasteiger partial charge in [0.2, 0.25) is 0 Å². The Morgan fingerprint density at radius 3 is 2.73 bits per heavy atom. The molecule has 11 heavy (non-hydrogen) atoms. The second kappa shape index (κ2) is 3.21. The average molecular weight is 154 g/mol. The van der Waals surface area contributed by atoms with Gasteiger partial charge >= 0.3 is 0 Å². The third-order valence-corrected chi connectivity index (χ3v) is 2.16. The number of aliphatic hydroxyl groups is 1. The van der Waals surface area contributed by atoms with Crippen molar-refractivity contribution in [2.75, 3.05) is 13.6 Å². The molecule has 3 nitrogen and oxygen atoms in total. The average Bonchev–Trinajstić information content (AvgIpc) is 2.70. The zero-order chi connectivity index (χ0) is 8.32. The van der Waals surface area contributed by atoms with Crippen LogP contribution in [0.15, 0.2) is 0 Å². The van der Waals surface area contributed by atoms with Crippen molar-refractivity contribution in [1.82, 2.24) is 5.32 Å². The van der Waals surface area contributed by atoms with E-state index in [0.717, 1.165) is 12.8 Å². The van der Waals surface area contributed by atoms with Crippen molar-refractivity contribution in [2.45, 2.75) is 25.4 Å². The standard InChI is InChI=1S/C8H14N2O/c1-10-5-7(11)4-8(6-9)2-3-8/h7,10-11H,2-5H2,1H3. The molecule has 0 spiro atoms. The van der Waals surface area contributed by atoms with E-state index in [1.807, 2.05) is 0 Å². The summed E-state index contributed by atoms with van der Waals surface area (Å²) < 4.78 is 0. The van der Waals surface area contributed by atoms with E-state index in [0.29, 0.717) is 13.0 Å². The number of likely N-dealkylation sites (N-methyl/N-ethyl adjacent to an activating group) is 1. The summed E-state index contributed by atoms with van der Waals surface area (Å²) in [6, 6.07) is 2.25. The fourth-order valence-electron chi connectivity index (χ4n) is 1.27. The first-order valence-corrected chi connectivity index (χ1v) is 3.96. The molecule has 0 aromatic carbocycles. The monoisotopic (exact) mass is 154 g/mol. The van der Waals surface area contributed by atoms with Crippen molar-refractivity contribution in [2.24, 2.45) is 5.41 Å². The molecule has 1 fully saturated rings. The van der Waals surface area contributed by atoms with Crippen LogP contribution in [-0.4, -0.2) is 24.8 Å². The molecule has 0 aliphatic heterocycles. The van der Waals surface area contributed by atoms with Gasteiger partial charge < -0.3 is 10.4 Å². The maximum atomic E-state index is 9.34. The molecule has 0 aromatic rings. The lowest BCUT2D eigenvalue weighted by atomic mass is 10.0. The maximum absolute atomic E-state index is 9.34. The van der Waals surface area contributed by atoms with E-state index >= 15 is 0 Å². The van der Waals surface area contributed by atoms with Crippen molar-refractivity contribution in [3.8, 4) is 6.07 Å². The van der Waals surface area contributed by atoms with E-state index < -0.39 is 0 Å². The number of hydrogen-bond donors (Lipinski definition) is 2. The summed E-state index contributed by atoms with van der Waals surface area (Å²) in [5.41, 5.74) is -0.170. The van der Waals surface area contributed by atoms with Gasteiger partial charge in [-0.3, -0.25) is 0 Å². The summed E-state index contributed by atoms with van der Waals surface area (Å²) in [6.45, 7) is 0.587. The molecule has 1 aliphatic carbocycles. The lowest BCUT2D eigenvalue weighted by Crippen LogP contribution is -2.25. The predicted molar refractivity (Wildman–Crippen MR) is 41.8 cm³/mol. The summed E-state index contributed by atoms with van der Waals surface area (Å²) in [5, 5.41) is 20.9. The molecular formula is C8H14N2O. The highest BCUT2D eigenvalue weighted by Crippen LogP contribution is 2.48. The van der Waals surface area contributed by atoms with Crippen LogP contribution in [-0.2, 0) is 0 Å². The lowest BCUT2D eigenvalue weighted by molar-refractivity contribution is 0.147. The van der Waals surface area contributed by atoms with E-state index in [1.165, 1.54) is 0 Å². The van der Waals surface area contributed by atoms with Crippen LogP contribution in [0.3, 0.4) is 0 Å². The first-order chi connectivity index (χ1) is 5.22. The van der Waals surface area contributed by atoms with Gasteiger partial charge in [-0.1, -0.05) is 0 Å². The van der Waals surface area contributed by atoms with Crippen LogP contribution in [0, 0.1) is 16.7 Å². The van der Waals surface area contributed by atoms with Crippen molar-refractivity contribution in [3.63, 3.8) is 0 Å². The van der Waals surface area contributed by atoms with Gasteiger partial charge in [0.05, 0.1) is 17.6 Å². The smallest absolute Gasteiger partial charge is 0.0690 e. The van der Waals surface area contributed by atoms with E-state index in [9.17, 15) is 5.11 Å². The highest BCUT2D eigenvalue weighted by atomic mass is 16.3. The van der Waals surface area contributed by atoms with Gasteiger partial charge in [0.1, 0.15) is 0 Å². The van der Waals surface area contributed by atoms with Gasteiger partial charge in [-0.05, 0) is 26.3 Å². The molecule has 1 aliphatic rings. The molecule has 0 heterocycles. The van der Waals surface area contributed by atoms with Crippen LogP contribution in [0.2, 0.25) is 0 Å². The van der Waals surface area contributed by atoms with E-state index in [2.05, 4.69) is 11.4 Å². The van der Waals surface area contributed by atoms with E-state index in [-0.39, 0.29) is 11.5 Å². The first kappa shape index (κ1) is 8.51. The third-order valence-electron chi connectivity index (χ3n) is 2.16. The number of hydrogen-bond acceptors (Lipinski definition) is 3. The van der Waals surface area contributed by atoms with Crippen LogP contribution in [0.5, 0.6) is 0 Å². The normalized spacial score (nSPS) is 22.3. The summed E-state index contributed by atoms with van der Waals surface area (Å²) in [4.78, 5) is 0. The minimum absolute atomic E-state index is 0.170. The Kier molecular flexibility index (Phi) is 2.48. The van der Waals surface area contributed by atoms with E-state index in [4.69, 9.17) is 5.26 Å². The Hall–Kier alpha value is -0.590. The van der Waals surface area contributed by atoms with Crippen molar-refractivity contribution in [3.05, 3.63) is 0 Å². The maximum Gasteiger partial charge on any atom is 0.0690 e. The van der Waals surface area contributed by atoms with E-state index in [1.54, 1.807) is 7.05 Å². The minimum Gasteiger partial charge on any atom is -0.392 e. The second-order valence-electron chi connectivity index (χ2n) is 3.31. The van der Waals surface area contributed by atoms with Crippen LogP contribution in [0.1, 0.15) is 19.3 Å². The fourth-order valence-corrected chi connectivity index (χ4v) is 1.27. The number of nitrogens with one attached hydrogen (secondary N) is 1. The number of nitriles is 1. The van der Waals surface area contributed by atoms with Gasteiger partial charge in [-0.25, -0.2) is 0 Å². The predicted octanol–water partition coefficient (Wildman–Crippen LogP) is 0.261. The van der Waals surface area contributed by atoms with Crippen molar-refractivity contribution in [1.29, 1.82) is 5.26 Å². The largest absolute Gasteiger partial charge is 0.392 e. The highest BCUT2D eigenvalue weighted by molar-refractivity contribution is 5.10. The first-order valence-electron chi connectivity index (χ1n) is 3.96. The zero-order valence-electron chi connectivity index (χ0n) is 6.80. The summed E-state index contributed by atoms with van der Waals surface area (Å²) >= 11 is 0. The molecule has 1 unspecified atom stereocenters. The van der Waals surface area contributed by atoms with Crippen LogP contribution < -0.4 is 5.32 Å².